The number of benzene rings is 1. The third-order valence-corrected chi connectivity index (χ3v) is 4.97. The Labute approximate surface area is 119 Å². The van der Waals surface area contributed by atoms with E-state index < -0.39 is 0 Å². The lowest BCUT2D eigenvalue weighted by molar-refractivity contribution is 0.000556. The van der Waals surface area contributed by atoms with Gasteiger partial charge in [0.25, 0.3) is 0 Å². The minimum atomic E-state index is 0.343. The first-order chi connectivity index (χ1) is 8.48. The Morgan fingerprint density at radius 2 is 2.06 bits per heavy atom. The Balaban J connectivity index is 2.16. The molecule has 1 aliphatic rings. The molecule has 1 saturated carbocycles. The largest absolute Gasteiger partial charge is 0.313 e. The summed E-state index contributed by atoms with van der Waals surface area (Å²) in [6.07, 6.45) is 1.21. The van der Waals surface area contributed by atoms with Gasteiger partial charge >= 0.3 is 0 Å². The van der Waals surface area contributed by atoms with Crippen LogP contribution in [0.2, 0.25) is 0 Å². The van der Waals surface area contributed by atoms with Crippen molar-refractivity contribution in [3.63, 3.8) is 0 Å². The minimum absolute atomic E-state index is 0.343. The van der Waals surface area contributed by atoms with Crippen LogP contribution in [-0.4, -0.2) is 12.6 Å². The molecule has 1 N–H and O–H groups in total. The predicted octanol–water partition coefficient (Wildman–Crippen LogP) is 4.58. The molecular weight excluding hydrogens is 286 g/mol. The maximum Gasteiger partial charge on any atom is 0.0178 e. The summed E-state index contributed by atoms with van der Waals surface area (Å²) in [4.78, 5) is 0. The molecule has 0 aromatic heterocycles. The standard InChI is InChI=1S/C16H24BrN/c1-5-9-18-15-11(2)14(16(15,3)4)12-7-6-8-13(17)10-12/h6-8,10-11,14-15,18H,5,9H2,1-4H3. The van der Waals surface area contributed by atoms with Crippen molar-refractivity contribution >= 4 is 15.9 Å². The quantitative estimate of drug-likeness (QED) is 0.858. The van der Waals surface area contributed by atoms with Gasteiger partial charge in [-0.25, -0.2) is 0 Å². The average molecular weight is 310 g/mol. The molecule has 2 heteroatoms. The second-order valence-electron chi connectivity index (χ2n) is 6.14. The molecule has 0 spiro atoms. The molecule has 0 amide bonds. The molecule has 2 rings (SSSR count). The highest BCUT2D eigenvalue weighted by atomic mass is 79.9. The van der Waals surface area contributed by atoms with Crippen LogP contribution >= 0.6 is 15.9 Å². The van der Waals surface area contributed by atoms with Crippen molar-refractivity contribution in [3.05, 3.63) is 34.3 Å². The molecule has 0 bridgehead atoms. The zero-order chi connectivity index (χ0) is 13.3. The molecule has 1 aromatic carbocycles. The smallest absolute Gasteiger partial charge is 0.0178 e. The van der Waals surface area contributed by atoms with Crippen LogP contribution in [0.1, 0.15) is 45.6 Å². The van der Waals surface area contributed by atoms with Crippen LogP contribution in [0.5, 0.6) is 0 Å². The molecule has 0 radical (unpaired) electrons. The summed E-state index contributed by atoms with van der Waals surface area (Å²) < 4.78 is 1.19. The van der Waals surface area contributed by atoms with E-state index in [2.05, 4.69) is 73.2 Å². The van der Waals surface area contributed by atoms with Crippen molar-refractivity contribution in [2.75, 3.05) is 6.54 Å². The zero-order valence-corrected chi connectivity index (χ0v) is 13.4. The van der Waals surface area contributed by atoms with Crippen LogP contribution in [0.3, 0.4) is 0 Å². The summed E-state index contributed by atoms with van der Waals surface area (Å²) in [5.41, 5.74) is 1.81. The van der Waals surface area contributed by atoms with Gasteiger partial charge in [0.1, 0.15) is 0 Å². The summed E-state index contributed by atoms with van der Waals surface area (Å²) in [5, 5.41) is 3.71. The first-order valence-electron chi connectivity index (χ1n) is 6.97. The van der Waals surface area contributed by atoms with Gasteiger partial charge in [0.15, 0.2) is 0 Å². The zero-order valence-electron chi connectivity index (χ0n) is 11.8. The summed E-state index contributed by atoms with van der Waals surface area (Å²) in [5.74, 6) is 1.37. The van der Waals surface area contributed by atoms with Gasteiger partial charge in [0.05, 0.1) is 0 Å². The Hall–Kier alpha value is -0.340. The van der Waals surface area contributed by atoms with Gasteiger partial charge in [-0.2, -0.15) is 0 Å². The van der Waals surface area contributed by atoms with Crippen molar-refractivity contribution in [2.45, 2.75) is 46.1 Å². The van der Waals surface area contributed by atoms with Crippen LogP contribution in [-0.2, 0) is 0 Å². The number of rotatable bonds is 4. The van der Waals surface area contributed by atoms with E-state index in [1.54, 1.807) is 0 Å². The third kappa shape index (κ3) is 2.37. The maximum atomic E-state index is 3.71. The molecule has 1 nitrogen and oxygen atoms in total. The van der Waals surface area contributed by atoms with Crippen LogP contribution in [0.4, 0.5) is 0 Å². The van der Waals surface area contributed by atoms with Crippen molar-refractivity contribution in [1.82, 2.24) is 5.32 Å². The van der Waals surface area contributed by atoms with Gasteiger partial charge in [0, 0.05) is 10.5 Å². The van der Waals surface area contributed by atoms with E-state index in [9.17, 15) is 0 Å². The predicted molar refractivity (Wildman–Crippen MR) is 81.9 cm³/mol. The van der Waals surface area contributed by atoms with Gasteiger partial charge in [-0.05, 0) is 47.9 Å². The maximum absolute atomic E-state index is 3.71. The fourth-order valence-corrected chi connectivity index (χ4v) is 4.22. The first-order valence-corrected chi connectivity index (χ1v) is 7.76. The van der Waals surface area contributed by atoms with Gasteiger partial charge in [-0.15, -0.1) is 0 Å². The number of nitrogens with one attached hydrogen (secondary N) is 1. The molecule has 0 heterocycles. The molecule has 100 valence electrons. The average Bonchev–Trinajstić information content (AvgIpc) is 2.29. The number of hydrogen-bond acceptors (Lipinski definition) is 1. The van der Waals surface area contributed by atoms with Crippen molar-refractivity contribution in [3.8, 4) is 0 Å². The van der Waals surface area contributed by atoms with E-state index >= 15 is 0 Å². The molecule has 18 heavy (non-hydrogen) atoms. The van der Waals surface area contributed by atoms with Crippen LogP contribution in [0.25, 0.3) is 0 Å². The highest BCUT2D eigenvalue weighted by Crippen LogP contribution is 2.56. The SMILES string of the molecule is CCCNC1C(C)C(c2cccc(Br)c2)C1(C)C. The molecule has 1 fully saturated rings. The van der Waals surface area contributed by atoms with Crippen LogP contribution < -0.4 is 5.32 Å². The lowest BCUT2D eigenvalue weighted by atomic mass is 9.50. The van der Waals surface area contributed by atoms with Crippen LogP contribution in [0.15, 0.2) is 28.7 Å². The minimum Gasteiger partial charge on any atom is -0.313 e. The van der Waals surface area contributed by atoms with E-state index in [4.69, 9.17) is 0 Å². The molecular formula is C16H24BrN. The highest BCUT2D eigenvalue weighted by molar-refractivity contribution is 9.10. The van der Waals surface area contributed by atoms with Crippen molar-refractivity contribution in [1.29, 1.82) is 0 Å². The van der Waals surface area contributed by atoms with Crippen molar-refractivity contribution in [2.24, 2.45) is 11.3 Å². The topological polar surface area (TPSA) is 12.0 Å². The highest BCUT2D eigenvalue weighted by Gasteiger charge is 2.53. The Morgan fingerprint density at radius 3 is 2.61 bits per heavy atom. The normalized spacial score (nSPS) is 29.9. The van der Waals surface area contributed by atoms with Crippen molar-refractivity contribution < 1.29 is 0 Å². The van der Waals surface area contributed by atoms with E-state index in [-0.39, 0.29) is 0 Å². The monoisotopic (exact) mass is 309 g/mol. The van der Waals surface area contributed by atoms with E-state index in [1.165, 1.54) is 16.5 Å². The van der Waals surface area contributed by atoms with Gasteiger partial charge in [-0.1, -0.05) is 55.8 Å². The first kappa shape index (κ1) is 14.1. The lowest BCUT2D eigenvalue weighted by Gasteiger charge is -2.58. The fraction of sp³-hybridized carbons (Fsp3) is 0.625. The summed E-state index contributed by atoms with van der Waals surface area (Å²) in [7, 11) is 0. The second kappa shape index (κ2) is 5.34. The Morgan fingerprint density at radius 1 is 1.33 bits per heavy atom. The van der Waals surface area contributed by atoms with E-state index in [0.717, 1.165) is 6.54 Å². The second-order valence-corrected chi connectivity index (χ2v) is 7.06. The molecule has 1 aromatic rings. The fourth-order valence-electron chi connectivity index (χ4n) is 3.80. The van der Waals surface area contributed by atoms with Gasteiger partial charge < -0.3 is 5.32 Å². The Kier molecular flexibility index (Phi) is 4.18. The summed E-state index contributed by atoms with van der Waals surface area (Å²) in [6, 6.07) is 9.44. The molecule has 1 aliphatic carbocycles. The van der Waals surface area contributed by atoms with E-state index in [1.807, 2.05) is 0 Å². The van der Waals surface area contributed by atoms with Gasteiger partial charge in [-0.3, -0.25) is 0 Å². The number of hydrogen-bond donors (Lipinski definition) is 1. The molecule has 3 atom stereocenters. The molecule has 3 unspecified atom stereocenters. The summed E-state index contributed by atoms with van der Waals surface area (Å²) in [6.45, 7) is 10.5. The Bertz CT molecular complexity index is 413. The van der Waals surface area contributed by atoms with Crippen LogP contribution in [0, 0.1) is 11.3 Å². The third-order valence-electron chi connectivity index (χ3n) is 4.48. The molecule has 0 aliphatic heterocycles. The summed E-state index contributed by atoms with van der Waals surface area (Å²) >= 11 is 3.58. The molecule has 0 saturated heterocycles. The van der Waals surface area contributed by atoms with Gasteiger partial charge in [0.2, 0.25) is 0 Å². The number of halogens is 1. The lowest BCUT2D eigenvalue weighted by Crippen LogP contribution is -2.61. The van der Waals surface area contributed by atoms with E-state index in [0.29, 0.717) is 23.3 Å².